The van der Waals surface area contributed by atoms with Crippen LogP contribution in [0.25, 0.3) is 0 Å². The van der Waals surface area contributed by atoms with E-state index in [0.717, 1.165) is 6.42 Å². The summed E-state index contributed by atoms with van der Waals surface area (Å²) in [5.74, 6) is 0.232. The lowest BCUT2D eigenvalue weighted by molar-refractivity contribution is 0.0946. The summed E-state index contributed by atoms with van der Waals surface area (Å²) in [6.45, 7) is 2.08. The highest BCUT2D eigenvalue weighted by atomic mass is 35.5. The summed E-state index contributed by atoms with van der Waals surface area (Å²) in [6, 6.07) is 4.74. The van der Waals surface area contributed by atoms with Crippen LogP contribution in [0.15, 0.2) is 18.2 Å². The molecule has 1 aromatic carbocycles. The van der Waals surface area contributed by atoms with Gasteiger partial charge in [-0.1, -0.05) is 18.5 Å². The van der Waals surface area contributed by atoms with Gasteiger partial charge in [0.05, 0.1) is 5.56 Å². The van der Waals surface area contributed by atoms with Gasteiger partial charge in [-0.2, -0.15) is 0 Å². The van der Waals surface area contributed by atoms with E-state index in [-0.39, 0.29) is 23.3 Å². The Morgan fingerprint density at radius 2 is 2.27 bits per heavy atom. The molecule has 1 aromatic rings. The predicted octanol–water partition coefficient (Wildman–Crippen LogP) is 2.18. The molecule has 3 nitrogen and oxygen atoms in total. The van der Waals surface area contributed by atoms with Crippen molar-refractivity contribution in [2.75, 3.05) is 0 Å². The Morgan fingerprint density at radius 3 is 2.80 bits per heavy atom. The van der Waals surface area contributed by atoms with Crippen molar-refractivity contribution in [2.24, 2.45) is 5.92 Å². The summed E-state index contributed by atoms with van der Waals surface area (Å²) in [5, 5.41) is 12.8. The Bertz CT molecular complexity index is 406. The highest BCUT2D eigenvalue weighted by molar-refractivity contribution is 6.30. The molecule has 1 amide bonds. The van der Waals surface area contributed by atoms with Gasteiger partial charge >= 0.3 is 0 Å². The van der Waals surface area contributed by atoms with Gasteiger partial charge in [0.1, 0.15) is 5.75 Å². The van der Waals surface area contributed by atoms with E-state index < -0.39 is 0 Å². The Labute approximate surface area is 93.1 Å². The van der Waals surface area contributed by atoms with Crippen molar-refractivity contribution in [1.29, 1.82) is 0 Å². The molecule has 1 aliphatic rings. The molecular weight excluding hydrogens is 214 g/mol. The molecule has 1 aliphatic carbocycles. The lowest BCUT2D eigenvalue weighted by Gasteiger charge is -2.05. The number of phenols is 1. The first-order valence-electron chi connectivity index (χ1n) is 4.87. The molecule has 1 saturated carbocycles. The normalized spacial score (nSPS) is 23.6. The monoisotopic (exact) mass is 225 g/mol. The largest absolute Gasteiger partial charge is 0.507 e. The van der Waals surface area contributed by atoms with E-state index in [0.29, 0.717) is 10.9 Å². The van der Waals surface area contributed by atoms with Crippen molar-refractivity contribution in [3.63, 3.8) is 0 Å². The van der Waals surface area contributed by atoms with Crippen LogP contribution in [-0.2, 0) is 0 Å². The molecule has 0 aliphatic heterocycles. The molecule has 2 N–H and O–H groups in total. The average molecular weight is 226 g/mol. The van der Waals surface area contributed by atoms with Gasteiger partial charge in [0, 0.05) is 11.1 Å². The molecule has 1 fully saturated rings. The molecule has 0 aromatic heterocycles. The van der Waals surface area contributed by atoms with Gasteiger partial charge in [-0.3, -0.25) is 4.79 Å². The van der Waals surface area contributed by atoms with Crippen LogP contribution in [0.5, 0.6) is 5.75 Å². The zero-order valence-electron chi connectivity index (χ0n) is 8.33. The average Bonchev–Trinajstić information content (AvgIpc) is 2.81. The summed E-state index contributed by atoms with van der Waals surface area (Å²) >= 11 is 5.67. The Hall–Kier alpha value is -1.22. The fourth-order valence-corrected chi connectivity index (χ4v) is 1.63. The second kappa shape index (κ2) is 3.74. The van der Waals surface area contributed by atoms with Crippen LogP contribution in [0.1, 0.15) is 23.7 Å². The first-order chi connectivity index (χ1) is 7.08. The number of rotatable bonds is 2. The van der Waals surface area contributed by atoms with E-state index in [1.807, 2.05) is 0 Å². The van der Waals surface area contributed by atoms with Gasteiger partial charge in [0.25, 0.3) is 5.91 Å². The van der Waals surface area contributed by atoms with E-state index in [4.69, 9.17) is 11.6 Å². The Morgan fingerprint density at radius 1 is 1.60 bits per heavy atom. The minimum Gasteiger partial charge on any atom is -0.507 e. The Balaban J connectivity index is 2.11. The number of benzene rings is 1. The summed E-state index contributed by atoms with van der Waals surface area (Å²) in [6.07, 6.45) is 1.01. The maximum Gasteiger partial charge on any atom is 0.255 e. The van der Waals surface area contributed by atoms with Gasteiger partial charge in [-0.05, 0) is 30.5 Å². The van der Waals surface area contributed by atoms with Crippen LogP contribution in [0.2, 0.25) is 5.02 Å². The summed E-state index contributed by atoms with van der Waals surface area (Å²) in [7, 11) is 0. The van der Waals surface area contributed by atoms with Gasteiger partial charge in [-0.25, -0.2) is 0 Å². The first kappa shape index (κ1) is 10.3. The number of hydrogen-bond donors (Lipinski definition) is 2. The topological polar surface area (TPSA) is 49.3 Å². The zero-order valence-corrected chi connectivity index (χ0v) is 9.08. The number of hydrogen-bond acceptors (Lipinski definition) is 2. The van der Waals surface area contributed by atoms with Crippen LogP contribution < -0.4 is 5.32 Å². The summed E-state index contributed by atoms with van der Waals surface area (Å²) < 4.78 is 0. The predicted molar refractivity (Wildman–Crippen MR) is 58.2 cm³/mol. The third kappa shape index (κ3) is 2.23. The number of amides is 1. The van der Waals surface area contributed by atoms with Crippen molar-refractivity contribution in [1.82, 2.24) is 5.32 Å². The molecule has 15 heavy (non-hydrogen) atoms. The molecule has 80 valence electrons. The third-order valence-electron chi connectivity index (χ3n) is 2.63. The van der Waals surface area contributed by atoms with Gasteiger partial charge in [0.15, 0.2) is 0 Å². The van der Waals surface area contributed by atoms with Crippen LogP contribution in [0.4, 0.5) is 0 Å². The lowest BCUT2D eigenvalue weighted by atomic mass is 10.2. The number of nitrogens with one attached hydrogen (secondary N) is 1. The molecule has 0 radical (unpaired) electrons. The molecule has 2 atom stereocenters. The standard InChI is InChI=1S/C11H12ClNO2/c1-6-4-9(6)13-11(15)8-3-2-7(12)5-10(8)14/h2-3,5-6,9,14H,4H2,1H3,(H,13,15). The fourth-order valence-electron chi connectivity index (χ4n) is 1.47. The number of carbonyl (C=O) groups is 1. The minimum absolute atomic E-state index is 0.0756. The zero-order chi connectivity index (χ0) is 11.0. The molecule has 0 spiro atoms. The SMILES string of the molecule is CC1CC1NC(=O)c1ccc(Cl)cc1O. The maximum atomic E-state index is 11.7. The maximum absolute atomic E-state index is 11.7. The van der Waals surface area contributed by atoms with Crippen molar-refractivity contribution in [3.05, 3.63) is 28.8 Å². The quantitative estimate of drug-likeness (QED) is 0.811. The van der Waals surface area contributed by atoms with Crippen LogP contribution in [0, 0.1) is 5.92 Å². The lowest BCUT2D eigenvalue weighted by Crippen LogP contribution is -2.26. The molecular formula is C11H12ClNO2. The van der Waals surface area contributed by atoms with Crippen LogP contribution in [-0.4, -0.2) is 17.1 Å². The smallest absolute Gasteiger partial charge is 0.255 e. The molecule has 0 heterocycles. The molecule has 4 heteroatoms. The number of phenolic OH excluding ortho intramolecular Hbond substituents is 1. The number of halogens is 1. The molecule has 0 saturated heterocycles. The molecule has 2 rings (SSSR count). The third-order valence-corrected chi connectivity index (χ3v) is 2.87. The van der Waals surface area contributed by atoms with E-state index >= 15 is 0 Å². The van der Waals surface area contributed by atoms with Crippen molar-refractivity contribution < 1.29 is 9.90 Å². The van der Waals surface area contributed by atoms with Gasteiger partial charge in [-0.15, -0.1) is 0 Å². The highest BCUT2D eigenvalue weighted by Crippen LogP contribution is 2.30. The van der Waals surface area contributed by atoms with Crippen molar-refractivity contribution >= 4 is 17.5 Å². The highest BCUT2D eigenvalue weighted by Gasteiger charge is 2.34. The van der Waals surface area contributed by atoms with Crippen molar-refractivity contribution in [2.45, 2.75) is 19.4 Å². The van der Waals surface area contributed by atoms with Crippen LogP contribution in [0.3, 0.4) is 0 Å². The molecule has 2 unspecified atom stereocenters. The second-order valence-electron chi connectivity index (χ2n) is 3.95. The van der Waals surface area contributed by atoms with E-state index in [9.17, 15) is 9.90 Å². The minimum atomic E-state index is -0.237. The van der Waals surface area contributed by atoms with Gasteiger partial charge < -0.3 is 10.4 Å². The van der Waals surface area contributed by atoms with E-state index in [1.54, 1.807) is 6.07 Å². The summed E-state index contributed by atoms with van der Waals surface area (Å²) in [4.78, 5) is 11.7. The second-order valence-corrected chi connectivity index (χ2v) is 4.39. The van der Waals surface area contributed by atoms with E-state index in [1.165, 1.54) is 12.1 Å². The van der Waals surface area contributed by atoms with E-state index in [2.05, 4.69) is 12.2 Å². The number of aromatic hydroxyl groups is 1. The summed E-state index contributed by atoms with van der Waals surface area (Å²) in [5.41, 5.74) is 0.276. The molecule has 0 bridgehead atoms. The first-order valence-corrected chi connectivity index (χ1v) is 5.25. The fraction of sp³-hybridized carbons (Fsp3) is 0.364. The number of carbonyl (C=O) groups excluding carboxylic acids is 1. The van der Waals surface area contributed by atoms with Crippen LogP contribution >= 0.6 is 11.6 Å². The van der Waals surface area contributed by atoms with Crippen molar-refractivity contribution in [3.8, 4) is 5.75 Å². The van der Waals surface area contributed by atoms with Gasteiger partial charge in [0.2, 0.25) is 0 Å². The Kier molecular flexibility index (Phi) is 2.57.